The average molecular weight is 174 g/mol. The van der Waals surface area contributed by atoms with E-state index < -0.39 is 11.9 Å². The van der Waals surface area contributed by atoms with Gasteiger partial charge in [-0.25, -0.2) is 9.59 Å². The monoisotopic (exact) mass is 174 g/mol. The maximum absolute atomic E-state index is 9.10. The predicted molar refractivity (Wildman–Crippen MR) is 50.2 cm³/mol. The van der Waals surface area contributed by atoms with Crippen molar-refractivity contribution in [3.63, 3.8) is 0 Å². The average Bonchev–Trinajstić information content (AvgIpc) is 2.08. The van der Waals surface area contributed by atoms with E-state index in [1.807, 2.05) is 37.0 Å². The molecule has 13 heavy (non-hydrogen) atoms. The van der Waals surface area contributed by atoms with Crippen molar-refractivity contribution in [3.05, 3.63) is 30.1 Å². The molecule has 2 N–H and O–H groups in total. The zero-order chi connectivity index (χ0) is 9.40. The van der Waals surface area contributed by atoms with Crippen molar-refractivity contribution in [3.8, 4) is 0 Å². The van der Waals surface area contributed by atoms with Crippen LogP contribution >= 0.6 is 0 Å². The first-order chi connectivity index (χ1) is 5.64. The number of rotatable bonds is 0. The summed E-state index contributed by atoms with van der Waals surface area (Å²) in [6.45, 7) is 2.00. The molecule has 0 atom stereocenters. The van der Waals surface area contributed by atoms with Gasteiger partial charge in [-0.3, -0.25) is 0 Å². The third-order valence-corrected chi connectivity index (χ3v) is 0.850. The molecule has 0 bridgehead atoms. The molecule has 0 aliphatic rings. The van der Waals surface area contributed by atoms with Crippen LogP contribution in [0.2, 0.25) is 0 Å². The van der Waals surface area contributed by atoms with Gasteiger partial charge in [0.25, 0.3) is 0 Å². The van der Waals surface area contributed by atoms with Crippen LogP contribution in [0.1, 0.15) is 0 Å². The third-order valence-electron chi connectivity index (χ3n) is 0.850. The molecule has 0 aromatic carbocycles. The van der Waals surface area contributed by atoms with Gasteiger partial charge >= 0.3 is 67.8 Å². The van der Waals surface area contributed by atoms with Crippen molar-refractivity contribution in [2.24, 2.45) is 0 Å². The molecule has 4 nitrogen and oxygen atoms in total. The number of carboxylic acids is 2. The Balaban J connectivity index is 0. The van der Waals surface area contributed by atoms with Gasteiger partial charge in [0.1, 0.15) is 0 Å². The van der Waals surface area contributed by atoms with Gasteiger partial charge in [0, 0.05) is 0 Å². The molecule has 1 heterocycles. The zero-order valence-electron chi connectivity index (χ0n) is 6.18. The van der Waals surface area contributed by atoms with Crippen LogP contribution in [0.15, 0.2) is 30.1 Å². The van der Waals surface area contributed by atoms with Crippen molar-refractivity contribution in [1.29, 1.82) is 0 Å². The van der Waals surface area contributed by atoms with E-state index in [1.54, 1.807) is 0 Å². The van der Waals surface area contributed by atoms with E-state index in [0.29, 0.717) is 0 Å². The second-order valence-electron chi connectivity index (χ2n) is 1.77. The molecule has 64 valence electrons. The first-order valence-corrected chi connectivity index (χ1v) is 3.11. The summed E-state index contributed by atoms with van der Waals surface area (Å²) >= 11 is 0. The van der Waals surface area contributed by atoms with Crippen LogP contribution in [0.5, 0.6) is 0 Å². The molecule has 0 radical (unpaired) electrons. The van der Waals surface area contributed by atoms with Crippen LogP contribution in [-0.4, -0.2) is 47.9 Å². The van der Waals surface area contributed by atoms with Gasteiger partial charge in [-0.05, 0) is 0 Å². The molecule has 6 heteroatoms. The quantitative estimate of drug-likeness (QED) is 0.411. The minimum atomic E-state index is -1.82. The number of carbonyl (C=O) groups is 2. The molecule has 0 amide bonds. The molecule has 0 aliphatic carbocycles. The van der Waals surface area contributed by atoms with Crippen LogP contribution in [0, 0.1) is 0 Å². The first kappa shape index (κ1) is 14.5. The van der Waals surface area contributed by atoms with E-state index in [-0.39, 0.29) is 18.9 Å². The fourth-order valence-corrected chi connectivity index (χ4v) is 0.385. The fraction of sp³-hybridized carbons (Fsp3) is 0. The standard InChI is InChI=1S/C5H5B.C2H2O4.Li.H/c1-2-4-6-5-3-1;3-1(4)2(5)6;;/h1-5H;(H,3,4)(H,5,6);;. The Hall–Kier alpha value is -1.05. The normalized spacial score (nSPS) is 6.77. The summed E-state index contributed by atoms with van der Waals surface area (Å²) in [7, 11) is 0. The Kier molecular flexibility index (Phi) is 10.1. The molecule has 1 aromatic heterocycles. The number of hydrogen-bond donors (Lipinski definition) is 2. The van der Waals surface area contributed by atoms with Gasteiger partial charge in [-0.2, -0.15) is 0 Å². The van der Waals surface area contributed by atoms with Gasteiger partial charge in [0.15, 0.2) is 0 Å². The van der Waals surface area contributed by atoms with Crippen molar-refractivity contribution >= 4 is 37.7 Å². The molecule has 0 saturated heterocycles. The summed E-state index contributed by atoms with van der Waals surface area (Å²) in [4.78, 5) is 18.2. The van der Waals surface area contributed by atoms with Crippen LogP contribution in [-0.2, 0) is 9.59 Å². The predicted octanol–water partition coefficient (Wildman–Crippen LogP) is -0.468. The Morgan fingerprint density at radius 3 is 1.38 bits per heavy atom. The molecular formula is C7H8BLiO4. The third kappa shape index (κ3) is 11.0. The van der Waals surface area contributed by atoms with Crippen molar-refractivity contribution in [1.82, 2.24) is 0 Å². The fourth-order valence-electron chi connectivity index (χ4n) is 0.385. The topological polar surface area (TPSA) is 74.6 Å². The van der Waals surface area contributed by atoms with E-state index in [2.05, 4.69) is 0 Å². The van der Waals surface area contributed by atoms with Crippen LogP contribution in [0.4, 0.5) is 0 Å². The Bertz CT molecular complexity index is 213. The number of carboxylic acid groups (broad SMARTS) is 2. The summed E-state index contributed by atoms with van der Waals surface area (Å²) in [6.07, 6.45) is 0. The van der Waals surface area contributed by atoms with E-state index in [1.165, 1.54) is 0 Å². The Morgan fingerprint density at radius 2 is 1.31 bits per heavy atom. The van der Waals surface area contributed by atoms with Crippen molar-refractivity contribution < 1.29 is 19.8 Å². The molecule has 0 saturated carbocycles. The second kappa shape index (κ2) is 9.04. The summed E-state index contributed by atoms with van der Waals surface area (Å²) in [6, 6.07) is 6.00. The molecule has 1 rings (SSSR count). The van der Waals surface area contributed by atoms with Crippen LogP contribution < -0.4 is 0 Å². The molecule has 0 unspecified atom stereocenters. The van der Waals surface area contributed by atoms with Gasteiger partial charge in [0.2, 0.25) is 0 Å². The summed E-state index contributed by atoms with van der Waals surface area (Å²) in [5.74, 6) is 0.352. The zero-order valence-corrected chi connectivity index (χ0v) is 6.18. The maximum atomic E-state index is 9.10. The Labute approximate surface area is 88.0 Å². The van der Waals surface area contributed by atoms with E-state index in [9.17, 15) is 0 Å². The second-order valence-corrected chi connectivity index (χ2v) is 1.77. The molecular weight excluding hydrogens is 166 g/mol. The van der Waals surface area contributed by atoms with Crippen LogP contribution in [0.3, 0.4) is 0 Å². The van der Waals surface area contributed by atoms with E-state index >= 15 is 0 Å². The van der Waals surface area contributed by atoms with E-state index in [4.69, 9.17) is 19.8 Å². The first-order valence-electron chi connectivity index (χ1n) is 3.11. The van der Waals surface area contributed by atoms with Gasteiger partial charge in [-0.15, -0.1) is 0 Å². The summed E-state index contributed by atoms with van der Waals surface area (Å²) in [5, 5.41) is 14.8. The molecule has 1 aromatic rings. The molecule has 0 fully saturated rings. The van der Waals surface area contributed by atoms with Crippen molar-refractivity contribution in [2.75, 3.05) is 0 Å². The SMILES string of the molecule is O=C(O)C(=O)O.[LiH].b1ccccc1. The minimum absolute atomic E-state index is 0. The molecule has 0 aliphatic heterocycles. The van der Waals surface area contributed by atoms with Gasteiger partial charge in [-0.1, -0.05) is 0 Å². The number of hydrogen-bond acceptors (Lipinski definition) is 2. The Morgan fingerprint density at radius 1 is 0.923 bits per heavy atom. The number of aliphatic carboxylic acids is 2. The van der Waals surface area contributed by atoms with Crippen molar-refractivity contribution in [2.45, 2.75) is 0 Å². The molecule has 0 spiro atoms. The van der Waals surface area contributed by atoms with Crippen LogP contribution in [0.25, 0.3) is 0 Å². The summed E-state index contributed by atoms with van der Waals surface area (Å²) < 4.78 is 0. The summed E-state index contributed by atoms with van der Waals surface area (Å²) in [5.41, 5.74) is 0. The van der Waals surface area contributed by atoms with Gasteiger partial charge < -0.3 is 10.2 Å². The van der Waals surface area contributed by atoms with E-state index in [0.717, 1.165) is 0 Å². The van der Waals surface area contributed by atoms with Gasteiger partial charge in [0.05, 0.1) is 0 Å².